The molecule has 0 heterocycles. The van der Waals surface area contributed by atoms with Crippen molar-refractivity contribution < 1.29 is 9.59 Å². The summed E-state index contributed by atoms with van der Waals surface area (Å²) in [5.74, 6) is 0.261. The van der Waals surface area contributed by atoms with Gasteiger partial charge in [0.2, 0.25) is 5.91 Å². The number of hydrogen-bond acceptors (Lipinski definition) is 2. The van der Waals surface area contributed by atoms with Gasteiger partial charge in [-0.1, -0.05) is 39.8 Å². The van der Waals surface area contributed by atoms with Gasteiger partial charge in [-0.05, 0) is 42.4 Å². The Morgan fingerprint density at radius 2 is 1.77 bits per heavy atom. The third-order valence-electron chi connectivity index (χ3n) is 6.76. The van der Waals surface area contributed by atoms with Crippen LogP contribution in [0.15, 0.2) is 24.3 Å². The maximum atomic E-state index is 13.0. The van der Waals surface area contributed by atoms with E-state index in [9.17, 15) is 9.59 Å². The Hall–Kier alpha value is -1.64. The molecule has 1 aromatic rings. The van der Waals surface area contributed by atoms with E-state index in [4.69, 9.17) is 0 Å². The van der Waals surface area contributed by atoms with Crippen molar-refractivity contribution in [3.8, 4) is 0 Å². The molecule has 1 amide bonds. The van der Waals surface area contributed by atoms with Crippen LogP contribution in [0.2, 0.25) is 0 Å². The highest BCUT2D eigenvalue weighted by Gasteiger charge is 2.72. The number of amides is 1. The molecule has 2 saturated carbocycles. The van der Waals surface area contributed by atoms with Crippen molar-refractivity contribution in [1.29, 1.82) is 0 Å². The second kappa shape index (κ2) is 4.68. The predicted octanol–water partition coefficient (Wildman–Crippen LogP) is 3.97. The standard InChI is InChI=1S/C19H25NO2/c1-5-13-6-8-14(9-7-13)20-16(22)19-11-10-18(4,15(21)12-19)17(19,2)3/h6-9H,5,10-12H2,1-4H3,(H,20,22)/t18-,19-/m1/s1. The number of Topliss-reactive ketones (excluding diaryl/α,β-unsaturated/α-hetero) is 1. The second-order valence-corrected chi connectivity index (χ2v) is 7.64. The van der Waals surface area contributed by atoms with Crippen LogP contribution in [0.5, 0.6) is 0 Å². The van der Waals surface area contributed by atoms with Crippen LogP contribution in [0.25, 0.3) is 0 Å². The number of fused-ring (bicyclic) bond motifs is 2. The van der Waals surface area contributed by atoms with E-state index in [1.807, 2.05) is 31.2 Å². The Morgan fingerprint density at radius 3 is 2.23 bits per heavy atom. The van der Waals surface area contributed by atoms with Gasteiger partial charge in [0.25, 0.3) is 0 Å². The smallest absolute Gasteiger partial charge is 0.231 e. The molecule has 2 bridgehead atoms. The molecule has 2 atom stereocenters. The van der Waals surface area contributed by atoms with Gasteiger partial charge in [-0.15, -0.1) is 0 Å². The number of aryl methyl sites for hydroxylation is 1. The van der Waals surface area contributed by atoms with Crippen molar-refractivity contribution in [2.24, 2.45) is 16.2 Å². The molecule has 2 aliphatic rings. The Balaban J connectivity index is 1.87. The minimum atomic E-state index is -0.553. The van der Waals surface area contributed by atoms with Gasteiger partial charge in [0, 0.05) is 17.5 Å². The first-order chi connectivity index (χ1) is 10.3. The van der Waals surface area contributed by atoms with Crippen molar-refractivity contribution >= 4 is 17.4 Å². The van der Waals surface area contributed by atoms with E-state index in [0.717, 1.165) is 24.9 Å². The van der Waals surface area contributed by atoms with Crippen LogP contribution < -0.4 is 5.32 Å². The predicted molar refractivity (Wildman–Crippen MR) is 87.6 cm³/mol. The molecule has 3 heteroatoms. The second-order valence-electron chi connectivity index (χ2n) is 7.64. The Kier molecular flexibility index (Phi) is 3.24. The van der Waals surface area contributed by atoms with Gasteiger partial charge in [0.15, 0.2) is 0 Å². The molecule has 1 aromatic carbocycles. The fourth-order valence-electron chi connectivity index (χ4n) is 4.44. The van der Waals surface area contributed by atoms with E-state index < -0.39 is 5.41 Å². The molecular weight excluding hydrogens is 274 g/mol. The van der Waals surface area contributed by atoms with Crippen LogP contribution >= 0.6 is 0 Å². The van der Waals surface area contributed by atoms with Crippen molar-refractivity contribution in [2.45, 2.75) is 53.4 Å². The van der Waals surface area contributed by atoms with Crippen molar-refractivity contribution in [1.82, 2.24) is 0 Å². The van der Waals surface area contributed by atoms with Crippen LogP contribution in [0.4, 0.5) is 5.69 Å². The Morgan fingerprint density at radius 1 is 1.14 bits per heavy atom. The van der Waals surface area contributed by atoms with Crippen LogP contribution in [0, 0.1) is 16.2 Å². The van der Waals surface area contributed by atoms with Gasteiger partial charge in [-0.25, -0.2) is 0 Å². The molecule has 0 spiro atoms. The molecule has 1 N–H and O–H groups in total. The number of anilines is 1. The van der Waals surface area contributed by atoms with Crippen LogP contribution in [-0.4, -0.2) is 11.7 Å². The van der Waals surface area contributed by atoms with Crippen LogP contribution in [-0.2, 0) is 16.0 Å². The minimum absolute atomic E-state index is 0.0105. The van der Waals surface area contributed by atoms with Gasteiger partial charge in [-0.3, -0.25) is 9.59 Å². The topological polar surface area (TPSA) is 46.2 Å². The van der Waals surface area contributed by atoms with E-state index in [1.165, 1.54) is 5.56 Å². The van der Waals surface area contributed by atoms with Gasteiger partial charge in [0.05, 0.1) is 5.41 Å². The van der Waals surface area contributed by atoms with Gasteiger partial charge >= 0.3 is 0 Å². The summed E-state index contributed by atoms with van der Waals surface area (Å²) in [6, 6.07) is 7.98. The highest BCUT2D eigenvalue weighted by molar-refractivity contribution is 6.04. The third-order valence-corrected chi connectivity index (χ3v) is 6.76. The Labute approximate surface area is 132 Å². The molecule has 0 saturated heterocycles. The van der Waals surface area contributed by atoms with Gasteiger partial charge in [-0.2, -0.15) is 0 Å². The van der Waals surface area contributed by atoms with Gasteiger partial charge < -0.3 is 5.32 Å². The largest absolute Gasteiger partial charge is 0.326 e. The number of hydrogen-bond donors (Lipinski definition) is 1. The summed E-state index contributed by atoms with van der Waals surface area (Å²) in [6.45, 7) is 8.32. The van der Waals surface area contributed by atoms with E-state index in [2.05, 4.69) is 26.1 Å². The number of nitrogens with one attached hydrogen (secondary N) is 1. The molecule has 0 aromatic heterocycles. The summed E-state index contributed by atoms with van der Waals surface area (Å²) in [5.41, 5.74) is 0.879. The maximum Gasteiger partial charge on any atom is 0.231 e. The van der Waals surface area contributed by atoms with Crippen molar-refractivity contribution in [3.05, 3.63) is 29.8 Å². The van der Waals surface area contributed by atoms with Crippen molar-refractivity contribution in [3.63, 3.8) is 0 Å². The summed E-state index contributed by atoms with van der Waals surface area (Å²) in [6.07, 6.45) is 3.00. The summed E-state index contributed by atoms with van der Waals surface area (Å²) >= 11 is 0. The molecule has 0 aliphatic heterocycles. The lowest BCUT2D eigenvalue weighted by Crippen LogP contribution is -2.43. The lowest BCUT2D eigenvalue weighted by Gasteiger charge is -2.38. The van der Waals surface area contributed by atoms with E-state index in [0.29, 0.717) is 6.42 Å². The molecule has 2 fully saturated rings. The fraction of sp³-hybridized carbons (Fsp3) is 0.579. The molecule has 0 unspecified atom stereocenters. The lowest BCUT2D eigenvalue weighted by atomic mass is 9.64. The number of rotatable bonds is 3. The zero-order valence-electron chi connectivity index (χ0n) is 14.0. The average molecular weight is 299 g/mol. The Bertz CT molecular complexity index is 631. The maximum absolute atomic E-state index is 13.0. The van der Waals surface area contributed by atoms with Crippen LogP contribution in [0.1, 0.15) is 52.5 Å². The molecule has 22 heavy (non-hydrogen) atoms. The summed E-state index contributed by atoms with van der Waals surface area (Å²) in [5, 5.41) is 3.06. The first kappa shape index (κ1) is 15.3. The average Bonchev–Trinajstić information content (AvgIpc) is 2.78. The summed E-state index contributed by atoms with van der Waals surface area (Å²) < 4.78 is 0. The first-order valence-electron chi connectivity index (χ1n) is 8.20. The molecule has 3 rings (SSSR count). The quantitative estimate of drug-likeness (QED) is 0.918. The number of ketones is 1. The SMILES string of the molecule is CCc1ccc(NC(=O)[C@@]23CC[C@](C)(C(=O)C2)C3(C)C)cc1. The summed E-state index contributed by atoms with van der Waals surface area (Å²) in [4.78, 5) is 25.4. The van der Waals surface area contributed by atoms with Gasteiger partial charge in [0.1, 0.15) is 5.78 Å². The summed E-state index contributed by atoms with van der Waals surface area (Å²) in [7, 11) is 0. The van der Waals surface area contributed by atoms with Crippen molar-refractivity contribution in [2.75, 3.05) is 5.32 Å². The van der Waals surface area contributed by atoms with E-state index in [-0.39, 0.29) is 22.5 Å². The zero-order chi connectivity index (χ0) is 16.2. The van der Waals surface area contributed by atoms with E-state index in [1.54, 1.807) is 0 Å². The fourth-order valence-corrected chi connectivity index (χ4v) is 4.44. The lowest BCUT2D eigenvalue weighted by molar-refractivity contribution is -0.131. The highest BCUT2D eigenvalue weighted by atomic mass is 16.2. The van der Waals surface area contributed by atoms with Crippen LogP contribution in [0.3, 0.4) is 0 Å². The minimum Gasteiger partial charge on any atom is -0.326 e. The molecule has 0 radical (unpaired) electrons. The third kappa shape index (κ3) is 1.74. The molecule has 2 aliphatic carbocycles. The number of carbonyl (C=O) groups is 2. The van der Waals surface area contributed by atoms with E-state index >= 15 is 0 Å². The number of benzene rings is 1. The monoisotopic (exact) mass is 299 g/mol. The molecule has 3 nitrogen and oxygen atoms in total. The zero-order valence-corrected chi connectivity index (χ0v) is 14.0. The normalized spacial score (nSPS) is 32.3. The number of carbonyl (C=O) groups excluding carboxylic acids is 2. The molecular formula is C19H25NO2. The highest BCUT2D eigenvalue weighted by Crippen LogP contribution is 2.70. The molecule has 118 valence electrons. The first-order valence-corrected chi connectivity index (χ1v) is 8.20.